The Morgan fingerprint density at radius 2 is 1.44 bits per heavy atom. The van der Waals surface area contributed by atoms with Crippen molar-refractivity contribution in [2.75, 3.05) is 103 Å². The van der Waals surface area contributed by atoms with Gasteiger partial charge in [-0.2, -0.15) is 5.10 Å². The Kier molecular flexibility index (Phi) is 22.5. The van der Waals surface area contributed by atoms with Crippen molar-refractivity contribution in [2.45, 2.75) is 84.2 Å². The summed E-state index contributed by atoms with van der Waals surface area (Å²) in [6.45, 7) is 16.2. The predicted molar refractivity (Wildman–Crippen MR) is 358 cm³/mol. The van der Waals surface area contributed by atoms with Gasteiger partial charge in [-0.1, -0.05) is 6.92 Å². The number of nitrogens with zero attached hydrogens (tertiary/aromatic N) is 8. The molecule has 1 aliphatic heterocycles. The fraction of sp³-hybridized carbons (Fsp3) is 0.418. The number of aryl methyl sites for hydroxylation is 4. The number of amides is 3. The normalized spacial score (nSPS) is 12.8. The van der Waals surface area contributed by atoms with E-state index in [0.29, 0.717) is 104 Å². The van der Waals surface area contributed by atoms with Crippen LogP contribution in [0.1, 0.15) is 86.1 Å². The van der Waals surface area contributed by atoms with Crippen LogP contribution in [0.3, 0.4) is 0 Å². The Hall–Kier alpha value is -9.40. The highest BCUT2D eigenvalue weighted by atomic mass is 32.2. The van der Waals surface area contributed by atoms with E-state index in [1.807, 2.05) is 87.8 Å². The zero-order valence-electron chi connectivity index (χ0n) is 54.6. The molecule has 0 aliphatic carbocycles. The number of carbonyl (C=O) groups excluding carboxylic acids is 3. The molecule has 0 radical (unpaired) electrons. The van der Waals surface area contributed by atoms with E-state index in [1.165, 1.54) is 41.6 Å². The molecule has 0 atom stereocenters. The third kappa shape index (κ3) is 17.0. The molecule has 1 saturated heterocycles. The van der Waals surface area contributed by atoms with Crippen molar-refractivity contribution < 1.29 is 46.5 Å². The second-order valence-corrected chi connectivity index (χ2v) is 25.2. The Morgan fingerprint density at radius 3 is 2.13 bits per heavy atom. The molecule has 9 rings (SSSR count). The van der Waals surface area contributed by atoms with E-state index in [9.17, 15) is 32.4 Å². The maximum atomic E-state index is 13.9. The van der Waals surface area contributed by atoms with Crippen molar-refractivity contribution in [3.8, 4) is 45.6 Å². The van der Waals surface area contributed by atoms with Gasteiger partial charge in [-0.3, -0.25) is 47.5 Å². The number of benzene rings is 4. The van der Waals surface area contributed by atoms with E-state index in [1.54, 1.807) is 50.6 Å². The minimum Gasteiger partial charge on any atom is -0.493 e. The highest BCUT2D eigenvalue weighted by Crippen LogP contribution is 2.39. The molecule has 5 heterocycles. The Balaban J connectivity index is 0.677. The van der Waals surface area contributed by atoms with Crippen LogP contribution in [0, 0.1) is 13.8 Å². The zero-order chi connectivity index (χ0) is 66.5. The number of imidazole rings is 1. The highest BCUT2D eigenvalue weighted by molar-refractivity contribution is 7.92. The van der Waals surface area contributed by atoms with Crippen LogP contribution in [0.15, 0.2) is 106 Å². The summed E-state index contributed by atoms with van der Waals surface area (Å²) in [6, 6.07) is 22.4. The average Bonchev–Trinajstić information content (AvgIpc) is 1.84. The van der Waals surface area contributed by atoms with Crippen LogP contribution >= 0.6 is 0 Å². The second kappa shape index (κ2) is 30.8. The smallest absolute Gasteiger partial charge is 0.328 e. The third-order valence-electron chi connectivity index (χ3n) is 16.3. The average molecular weight is 1300 g/mol. The summed E-state index contributed by atoms with van der Waals surface area (Å²) in [5.74, 6) is 2.31. The Labute approximate surface area is 541 Å². The number of aromatic nitrogens is 6. The number of piperazine rings is 1. The van der Waals surface area contributed by atoms with E-state index in [-0.39, 0.29) is 70.2 Å². The first-order chi connectivity index (χ1) is 44.6. The fourth-order valence-corrected chi connectivity index (χ4v) is 12.3. The number of H-pyrrole nitrogens is 1. The van der Waals surface area contributed by atoms with Gasteiger partial charge in [0.05, 0.1) is 72.9 Å². The van der Waals surface area contributed by atoms with Crippen LogP contribution in [-0.4, -0.2) is 158 Å². The molecule has 93 heavy (non-hydrogen) atoms. The number of carbonyl (C=O) groups is 3. The number of unbranched alkanes of at least 4 members (excludes halogenated alkanes) is 1. The molecule has 3 amide bonds. The summed E-state index contributed by atoms with van der Waals surface area (Å²) in [7, 11) is 3.74. The number of sulfonamides is 1. The Bertz CT molecular complexity index is 4210. The SMILES string of the molecule is CCCOc1cc(OCCCCN(C)CC(=O)NCCCC(=O)NCCN2CCN(c3ccc(-c4cc(C(=O)NCc5c(C)cc(C)[nH]c5=O)c5cnn(C(C)C)c5c4)cn3)CC2)cc(Oc2cc3c(cc2NS(=O)(=O)c2ccc(OC)c(OC)c2)n(C)c(=O)n3C)c1. The number of hydrogen-bond acceptors (Lipinski definition) is 17. The van der Waals surface area contributed by atoms with Crippen LogP contribution < -0.4 is 60.5 Å². The van der Waals surface area contributed by atoms with Gasteiger partial charge < -0.3 is 49.5 Å². The van der Waals surface area contributed by atoms with Gasteiger partial charge in [0.1, 0.15) is 23.1 Å². The first kappa shape index (κ1) is 68.0. The van der Waals surface area contributed by atoms with E-state index in [0.717, 1.165) is 78.1 Å². The van der Waals surface area contributed by atoms with Gasteiger partial charge in [0.25, 0.3) is 21.5 Å². The predicted octanol–water partition coefficient (Wildman–Crippen LogP) is 7.43. The number of likely N-dealkylation sites (N-methyl/N-ethyl adjacent to an activating group) is 1. The quantitative estimate of drug-likeness (QED) is 0.0264. The van der Waals surface area contributed by atoms with Gasteiger partial charge in [0.2, 0.25) is 11.8 Å². The fourth-order valence-electron chi connectivity index (χ4n) is 11.2. The third-order valence-corrected chi connectivity index (χ3v) is 17.6. The van der Waals surface area contributed by atoms with Gasteiger partial charge in [-0.25, -0.2) is 18.2 Å². The lowest BCUT2D eigenvalue weighted by Gasteiger charge is -2.35. The van der Waals surface area contributed by atoms with E-state index in [2.05, 4.69) is 40.6 Å². The summed E-state index contributed by atoms with van der Waals surface area (Å²) in [5.41, 5.74) is 5.59. The number of ether oxygens (including phenoxy) is 5. The molecule has 4 aromatic heterocycles. The van der Waals surface area contributed by atoms with E-state index < -0.39 is 10.0 Å². The second-order valence-electron chi connectivity index (χ2n) is 23.5. The molecule has 25 nitrogen and oxygen atoms in total. The molecule has 0 spiro atoms. The van der Waals surface area contributed by atoms with Gasteiger partial charge >= 0.3 is 5.69 Å². The minimum absolute atomic E-state index is 0.0575. The molecular formula is C67H85N13O12S. The van der Waals surface area contributed by atoms with E-state index in [4.69, 9.17) is 28.7 Å². The molecule has 8 aromatic rings. The lowest BCUT2D eigenvalue weighted by Crippen LogP contribution is -2.48. The summed E-state index contributed by atoms with van der Waals surface area (Å²) in [4.78, 5) is 79.2. The number of methoxy groups -OCH3 is 2. The standard InChI is InChI=1S/C67H85N13O12S/c1-11-28-90-48-33-49(35-50(34-48)92-60-38-58-57(76(7)67(85)77(58)8)37-55(60)74-93(86,87)51-17-18-59(88-9)61(36-51)89-10)91-29-13-12-22-75(6)42-64(82)68-20-14-15-63(81)69-21-23-78-24-26-79(27-25-78)62-19-16-46(39-70-62)47-31-52(54-41-72-80(43(2)3)56(54)32-47)65(83)71-40-53-44(4)30-45(5)73-66(53)84/h16-19,30-39,41,43,74H,11-15,20-29,40,42H2,1-10H3,(H,68,82)(H,69,81)(H,71,83)(H,73,84). The topological polar surface area (TPSA) is 280 Å². The van der Waals surface area contributed by atoms with Crippen LogP contribution in [-0.2, 0) is 40.3 Å². The molecular weight excluding hydrogens is 1210 g/mol. The number of aromatic amines is 1. The van der Waals surface area contributed by atoms with Gasteiger partial charge in [-0.05, 0) is 127 Å². The zero-order valence-corrected chi connectivity index (χ0v) is 55.5. The summed E-state index contributed by atoms with van der Waals surface area (Å²) in [5, 5.41) is 14.3. The van der Waals surface area contributed by atoms with Crippen LogP contribution in [0.25, 0.3) is 33.1 Å². The monoisotopic (exact) mass is 1300 g/mol. The number of anilines is 2. The molecule has 5 N–H and O–H groups in total. The van der Waals surface area contributed by atoms with Crippen molar-refractivity contribution in [1.29, 1.82) is 0 Å². The van der Waals surface area contributed by atoms with Gasteiger partial charge in [-0.15, -0.1) is 0 Å². The molecule has 496 valence electrons. The Morgan fingerprint density at radius 1 is 0.731 bits per heavy atom. The number of rotatable bonds is 31. The molecule has 0 unspecified atom stereocenters. The van der Waals surface area contributed by atoms with E-state index >= 15 is 0 Å². The molecule has 0 saturated carbocycles. The molecule has 0 bridgehead atoms. The summed E-state index contributed by atoms with van der Waals surface area (Å²) < 4.78 is 64.5. The summed E-state index contributed by atoms with van der Waals surface area (Å²) >= 11 is 0. The number of hydrogen-bond donors (Lipinski definition) is 5. The lowest BCUT2D eigenvalue weighted by molar-refractivity contribution is -0.123. The van der Waals surface area contributed by atoms with Crippen molar-refractivity contribution >= 4 is 61.2 Å². The van der Waals surface area contributed by atoms with Gasteiger partial charge in [0, 0.05) is 138 Å². The number of fused-ring (bicyclic) bond motifs is 2. The van der Waals surface area contributed by atoms with Crippen LogP contribution in [0.2, 0.25) is 0 Å². The molecule has 1 aliphatic rings. The number of nitrogens with one attached hydrogen (secondary N) is 5. The van der Waals surface area contributed by atoms with Crippen LogP contribution in [0.4, 0.5) is 11.5 Å². The molecule has 4 aromatic carbocycles. The molecule has 26 heteroatoms. The van der Waals surface area contributed by atoms with Crippen molar-refractivity contribution in [3.63, 3.8) is 0 Å². The maximum Gasteiger partial charge on any atom is 0.328 e. The van der Waals surface area contributed by atoms with Crippen molar-refractivity contribution in [2.24, 2.45) is 14.1 Å². The first-order valence-electron chi connectivity index (χ1n) is 31.3. The van der Waals surface area contributed by atoms with Crippen molar-refractivity contribution in [1.82, 2.24) is 54.6 Å². The first-order valence-corrected chi connectivity index (χ1v) is 32.8. The summed E-state index contributed by atoms with van der Waals surface area (Å²) in [6.07, 6.45) is 6.51. The number of pyridine rings is 2. The minimum atomic E-state index is -4.22. The highest BCUT2D eigenvalue weighted by Gasteiger charge is 2.25. The largest absolute Gasteiger partial charge is 0.493 e. The lowest BCUT2D eigenvalue weighted by atomic mass is 10.0. The van der Waals surface area contributed by atoms with Crippen molar-refractivity contribution in [3.05, 3.63) is 134 Å². The maximum absolute atomic E-state index is 13.9. The van der Waals surface area contributed by atoms with Gasteiger partial charge in [0.15, 0.2) is 17.2 Å². The van der Waals surface area contributed by atoms with Crippen LogP contribution in [0.5, 0.6) is 34.5 Å². The molecule has 1 fully saturated rings.